The van der Waals surface area contributed by atoms with Crippen LogP contribution in [0.1, 0.15) is 29.8 Å². The highest BCUT2D eigenvalue weighted by molar-refractivity contribution is 5.91. The molecule has 1 amide bonds. The van der Waals surface area contributed by atoms with Gasteiger partial charge >= 0.3 is 0 Å². The second-order valence-electron chi connectivity index (χ2n) is 4.92. The Morgan fingerprint density at radius 1 is 1.55 bits per heavy atom. The van der Waals surface area contributed by atoms with E-state index < -0.39 is 0 Å². The van der Waals surface area contributed by atoms with Gasteiger partial charge in [-0.15, -0.1) is 0 Å². The summed E-state index contributed by atoms with van der Waals surface area (Å²) in [6.07, 6.45) is 5.67. The Hall–Kier alpha value is -1.73. The fourth-order valence-electron chi connectivity index (χ4n) is 2.43. The molecule has 7 nitrogen and oxygen atoms in total. The third-order valence-corrected chi connectivity index (χ3v) is 3.55. The van der Waals surface area contributed by atoms with Gasteiger partial charge in [0.25, 0.3) is 11.5 Å². The number of carbonyl (C=O) groups excluding carboxylic acids is 1. The Kier molecular flexibility index (Phi) is 5.25. The van der Waals surface area contributed by atoms with E-state index in [0.29, 0.717) is 13.1 Å². The van der Waals surface area contributed by atoms with Gasteiger partial charge in [0.05, 0.1) is 12.8 Å². The Balaban J connectivity index is 1.78. The number of piperidine rings is 1. The summed E-state index contributed by atoms with van der Waals surface area (Å²) in [6.45, 7) is 2.32. The molecule has 1 unspecified atom stereocenters. The number of aromatic nitrogens is 2. The van der Waals surface area contributed by atoms with Crippen molar-refractivity contribution < 1.29 is 9.90 Å². The minimum Gasteiger partial charge on any atom is -0.395 e. The van der Waals surface area contributed by atoms with Crippen molar-refractivity contribution in [2.24, 2.45) is 0 Å². The molecule has 110 valence electrons. The summed E-state index contributed by atoms with van der Waals surface area (Å²) in [4.78, 5) is 31.0. The largest absolute Gasteiger partial charge is 0.395 e. The predicted octanol–water partition coefficient (Wildman–Crippen LogP) is -0.653. The lowest BCUT2D eigenvalue weighted by atomic mass is 10.0. The first-order valence-corrected chi connectivity index (χ1v) is 6.88. The number of aromatic amines is 1. The van der Waals surface area contributed by atoms with Gasteiger partial charge in [0.15, 0.2) is 0 Å². The highest BCUT2D eigenvalue weighted by Crippen LogP contribution is 2.15. The van der Waals surface area contributed by atoms with Crippen molar-refractivity contribution in [2.45, 2.75) is 25.3 Å². The molecule has 2 heterocycles. The number of hydrogen-bond donors (Lipinski definition) is 3. The first kappa shape index (κ1) is 14.7. The molecule has 1 fully saturated rings. The summed E-state index contributed by atoms with van der Waals surface area (Å²) < 4.78 is 0. The number of nitrogens with one attached hydrogen (secondary N) is 2. The van der Waals surface area contributed by atoms with Crippen molar-refractivity contribution in [2.75, 3.05) is 26.2 Å². The monoisotopic (exact) mass is 280 g/mol. The van der Waals surface area contributed by atoms with Crippen LogP contribution in [-0.2, 0) is 0 Å². The topological polar surface area (TPSA) is 98.3 Å². The second-order valence-corrected chi connectivity index (χ2v) is 4.92. The van der Waals surface area contributed by atoms with Crippen molar-refractivity contribution in [3.8, 4) is 0 Å². The van der Waals surface area contributed by atoms with Gasteiger partial charge < -0.3 is 15.4 Å². The van der Waals surface area contributed by atoms with Crippen LogP contribution in [0.5, 0.6) is 0 Å². The van der Waals surface area contributed by atoms with E-state index in [1.165, 1.54) is 6.20 Å². The Morgan fingerprint density at radius 2 is 2.40 bits per heavy atom. The van der Waals surface area contributed by atoms with Crippen LogP contribution in [-0.4, -0.2) is 58.2 Å². The maximum absolute atomic E-state index is 11.8. The minimum atomic E-state index is -0.333. The van der Waals surface area contributed by atoms with Crippen molar-refractivity contribution in [3.05, 3.63) is 28.4 Å². The van der Waals surface area contributed by atoms with Gasteiger partial charge in [-0.2, -0.15) is 0 Å². The lowest BCUT2D eigenvalue weighted by Crippen LogP contribution is -2.45. The third kappa shape index (κ3) is 3.88. The van der Waals surface area contributed by atoms with E-state index >= 15 is 0 Å². The summed E-state index contributed by atoms with van der Waals surface area (Å²) in [5.41, 5.74) is -0.136. The van der Waals surface area contributed by atoms with E-state index in [-0.39, 0.29) is 29.8 Å². The van der Waals surface area contributed by atoms with E-state index in [4.69, 9.17) is 0 Å². The van der Waals surface area contributed by atoms with Crippen LogP contribution in [0.25, 0.3) is 0 Å². The fourth-order valence-corrected chi connectivity index (χ4v) is 2.43. The van der Waals surface area contributed by atoms with Gasteiger partial charge in [-0.1, -0.05) is 6.42 Å². The molecule has 2 rings (SSSR count). The van der Waals surface area contributed by atoms with Crippen molar-refractivity contribution in [3.63, 3.8) is 0 Å². The molecule has 3 N–H and O–H groups in total. The molecule has 0 bridgehead atoms. The van der Waals surface area contributed by atoms with Crippen LogP contribution >= 0.6 is 0 Å². The molecule has 1 atom stereocenters. The standard InChI is InChI=1S/C13H20N4O3/c18-9-10-3-1-2-5-17(10)6-4-14-13(20)11-7-16-12(19)8-15-11/h7-8,10,18H,1-6,9H2,(H,14,20)(H,16,19). The van der Waals surface area contributed by atoms with Gasteiger partial charge in [0.2, 0.25) is 0 Å². The van der Waals surface area contributed by atoms with Crippen LogP contribution in [0.3, 0.4) is 0 Å². The average Bonchev–Trinajstić information content (AvgIpc) is 2.48. The Bertz CT molecular complexity index is 482. The molecular weight excluding hydrogens is 260 g/mol. The number of rotatable bonds is 5. The number of H-pyrrole nitrogens is 1. The zero-order valence-corrected chi connectivity index (χ0v) is 11.3. The molecule has 1 aromatic heterocycles. The zero-order valence-electron chi connectivity index (χ0n) is 11.3. The molecule has 1 aliphatic heterocycles. The van der Waals surface area contributed by atoms with E-state index in [1.54, 1.807) is 0 Å². The van der Waals surface area contributed by atoms with Crippen molar-refractivity contribution >= 4 is 5.91 Å². The lowest BCUT2D eigenvalue weighted by molar-refractivity contribution is 0.0846. The molecule has 1 saturated heterocycles. The number of aliphatic hydroxyl groups is 1. The highest BCUT2D eigenvalue weighted by Gasteiger charge is 2.21. The number of nitrogens with zero attached hydrogens (tertiary/aromatic N) is 2. The number of amides is 1. The van der Waals surface area contributed by atoms with Crippen molar-refractivity contribution in [1.29, 1.82) is 0 Å². The maximum atomic E-state index is 11.8. The van der Waals surface area contributed by atoms with Crippen molar-refractivity contribution in [1.82, 2.24) is 20.2 Å². The molecule has 1 aromatic rings. The molecule has 7 heteroatoms. The van der Waals surface area contributed by atoms with Gasteiger partial charge in [0.1, 0.15) is 5.69 Å². The molecule has 20 heavy (non-hydrogen) atoms. The summed E-state index contributed by atoms with van der Waals surface area (Å²) >= 11 is 0. The van der Waals surface area contributed by atoms with Gasteiger partial charge in [-0.25, -0.2) is 4.98 Å². The first-order chi connectivity index (χ1) is 9.70. The summed E-state index contributed by atoms with van der Waals surface area (Å²) in [5, 5.41) is 12.1. The maximum Gasteiger partial charge on any atom is 0.271 e. The van der Waals surface area contributed by atoms with E-state index in [1.807, 2.05) is 0 Å². The average molecular weight is 280 g/mol. The van der Waals surface area contributed by atoms with Gasteiger partial charge in [-0.05, 0) is 19.4 Å². The fraction of sp³-hybridized carbons (Fsp3) is 0.615. The first-order valence-electron chi connectivity index (χ1n) is 6.88. The Morgan fingerprint density at radius 3 is 3.10 bits per heavy atom. The van der Waals surface area contributed by atoms with Crippen LogP contribution in [0.4, 0.5) is 0 Å². The second kappa shape index (κ2) is 7.16. The smallest absolute Gasteiger partial charge is 0.271 e. The predicted molar refractivity (Wildman–Crippen MR) is 73.5 cm³/mol. The van der Waals surface area contributed by atoms with Gasteiger partial charge in [-0.3, -0.25) is 14.5 Å². The SMILES string of the molecule is O=C(NCCN1CCCCC1CO)c1c[nH]c(=O)cn1. The zero-order chi connectivity index (χ0) is 14.4. The molecule has 0 aliphatic carbocycles. The summed E-state index contributed by atoms with van der Waals surface area (Å²) in [6, 6.07) is 0.201. The molecule has 0 spiro atoms. The highest BCUT2D eigenvalue weighted by atomic mass is 16.3. The van der Waals surface area contributed by atoms with E-state index in [9.17, 15) is 14.7 Å². The number of likely N-dealkylation sites (tertiary alicyclic amines) is 1. The number of carbonyl (C=O) groups is 1. The summed E-state index contributed by atoms with van der Waals surface area (Å²) in [5.74, 6) is -0.307. The number of hydrogen-bond acceptors (Lipinski definition) is 5. The van der Waals surface area contributed by atoms with Crippen LogP contribution < -0.4 is 10.9 Å². The van der Waals surface area contributed by atoms with E-state index in [2.05, 4.69) is 20.2 Å². The lowest BCUT2D eigenvalue weighted by Gasteiger charge is -2.34. The van der Waals surface area contributed by atoms with E-state index in [0.717, 1.165) is 32.0 Å². The van der Waals surface area contributed by atoms with Gasteiger partial charge in [0, 0.05) is 25.3 Å². The molecule has 1 aliphatic rings. The molecular formula is C13H20N4O3. The minimum absolute atomic E-state index is 0.162. The quantitative estimate of drug-likeness (QED) is 0.665. The number of aliphatic hydroxyl groups excluding tert-OH is 1. The van der Waals surface area contributed by atoms with Crippen LogP contribution in [0.15, 0.2) is 17.2 Å². The van der Waals surface area contributed by atoms with Crippen LogP contribution in [0, 0.1) is 0 Å². The molecule has 0 saturated carbocycles. The molecule has 0 radical (unpaired) electrons. The molecule has 0 aromatic carbocycles. The Labute approximate surface area is 117 Å². The summed E-state index contributed by atoms with van der Waals surface area (Å²) in [7, 11) is 0. The normalized spacial score (nSPS) is 19.8. The third-order valence-electron chi connectivity index (χ3n) is 3.55. The van der Waals surface area contributed by atoms with Crippen LogP contribution in [0.2, 0.25) is 0 Å².